The van der Waals surface area contributed by atoms with Gasteiger partial charge < -0.3 is 9.84 Å². The first-order valence-electron chi connectivity index (χ1n) is 6.53. The second kappa shape index (κ2) is 4.98. The molecule has 2 saturated heterocycles. The molecule has 0 saturated carbocycles. The van der Waals surface area contributed by atoms with E-state index < -0.39 is 0 Å². The number of hydrogen-bond acceptors (Lipinski definition) is 5. The average Bonchev–Trinajstić information content (AvgIpc) is 2.98. The van der Waals surface area contributed by atoms with Crippen LogP contribution in [0.5, 0.6) is 0 Å². The minimum atomic E-state index is 0.407. The Morgan fingerprint density at radius 3 is 3.00 bits per heavy atom. The third-order valence-electron chi connectivity index (χ3n) is 3.77. The Morgan fingerprint density at radius 1 is 1.35 bits per heavy atom. The molecular weight excluding hydrogens is 234 g/mol. The predicted octanol–water partition coefficient (Wildman–Crippen LogP) is 2.49. The van der Waals surface area contributed by atoms with Crippen LogP contribution in [0.3, 0.4) is 0 Å². The Bertz CT molecular complexity index is 376. The summed E-state index contributed by atoms with van der Waals surface area (Å²) in [5, 5.41) is 8.07. The van der Waals surface area contributed by atoms with Crippen molar-refractivity contribution in [1.82, 2.24) is 15.5 Å². The maximum atomic E-state index is 5.46. The summed E-state index contributed by atoms with van der Waals surface area (Å²) >= 11 is 1.97. The van der Waals surface area contributed by atoms with Crippen molar-refractivity contribution in [3.63, 3.8) is 0 Å². The number of thioether (sulfide) groups is 1. The number of nitrogens with zero attached hydrogens (tertiary/aromatic N) is 2. The van der Waals surface area contributed by atoms with E-state index in [1.165, 1.54) is 25.0 Å². The number of rotatable bonds is 2. The highest BCUT2D eigenvalue weighted by Crippen LogP contribution is 2.37. The molecule has 1 N–H and O–H groups in total. The zero-order valence-corrected chi connectivity index (χ0v) is 11.0. The highest BCUT2D eigenvalue weighted by molar-refractivity contribution is 7.99. The molecule has 0 aromatic carbocycles. The number of nitrogens with one attached hydrogen (secondary N) is 1. The summed E-state index contributed by atoms with van der Waals surface area (Å²) in [6.07, 6.45) is 4.93. The minimum absolute atomic E-state index is 0.407. The quantitative estimate of drug-likeness (QED) is 0.877. The third kappa shape index (κ3) is 2.36. The lowest BCUT2D eigenvalue weighted by molar-refractivity contribution is 0.341. The normalized spacial score (nSPS) is 34.1. The fourth-order valence-electron chi connectivity index (χ4n) is 2.67. The molecule has 3 atom stereocenters. The van der Waals surface area contributed by atoms with Crippen LogP contribution < -0.4 is 5.32 Å². The molecule has 94 valence electrons. The topological polar surface area (TPSA) is 51.0 Å². The van der Waals surface area contributed by atoms with E-state index in [0.29, 0.717) is 17.2 Å². The molecule has 0 radical (unpaired) electrons. The van der Waals surface area contributed by atoms with E-state index in [9.17, 15) is 0 Å². The van der Waals surface area contributed by atoms with Crippen molar-refractivity contribution in [2.75, 3.05) is 12.3 Å². The molecule has 0 bridgehead atoms. The maximum Gasteiger partial charge on any atom is 0.231 e. The molecule has 0 amide bonds. The van der Waals surface area contributed by atoms with Gasteiger partial charge >= 0.3 is 0 Å². The van der Waals surface area contributed by atoms with E-state index in [1.807, 2.05) is 11.8 Å². The summed E-state index contributed by atoms with van der Waals surface area (Å²) < 4.78 is 5.46. The first kappa shape index (κ1) is 11.5. The van der Waals surface area contributed by atoms with Gasteiger partial charge in [-0.3, -0.25) is 0 Å². The van der Waals surface area contributed by atoms with Crippen LogP contribution in [0.4, 0.5) is 0 Å². The van der Waals surface area contributed by atoms with Crippen LogP contribution in [0, 0.1) is 0 Å². The monoisotopic (exact) mass is 253 g/mol. The fourth-order valence-corrected chi connectivity index (χ4v) is 3.90. The van der Waals surface area contributed by atoms with Gasteiger partial charge in [0.1, 0.15) is 0 Å². The lowest BCUT2D eigenvalue weighted by Crippen LogP contribution is -2.21. The summed E-state index contributed by atoms with van der Waals surface area (Å²) in [5.74, 6) is 3.40. The zero-order valence-electron chi connectivity index (χ0n) is 10.2. The van der Waals surface area contributed by atoms with Gasteiger partial charge in [-0.15, -0.1) is 0 Å². The second-order valence-electron chi connectivity index (χ2n) is 4.98. The first-order valence-corrected chi connectivity index (χ1v) is 7.58. The Kier molecular flexibility index (Phi) is 3.38. The van der Waals surface area contributed by atoms with Crippen LogP contribution >= 0.6 is 11.8 Å². The van der Waals surface area contributed by atoms with Crippen LogP contribution in [0.2, 0.25) is 0 Å². The highest BCUT2D eigenvalue weighted by atomic mass is 32.2. The summed E-state index contributed by atoms with van der Waals surface area (Å²) in [4.78, 5) is 4.63. The van der Waals surface area contributed by atoms with Gasteiger partial charge in [0.2, 0.25) is 5.89 Å². The minimum Gasteiger partial charge on any atom is -0.339 e. The van der Waals surface area contributed by atoms with Gasteiger partial charge in [-0.2, -0.15) is 16.7 Å². The van der Waals surface area contributed by atoms with Crippen LogP contribution in [-0.2, 0) is 0 Å². The van der Waals surface area contributed by atoms with Gasteiger partial charge in [-0.05, 0) is 38.5 Å². The molecule has 2 aliphatic rings. The summed E-state index contributed by atoms with van der Waals surface area (Å²) in [7, 11) is 0. The Hall–Kier alpha value is -0.550. The molecular formula is C12H19N3OS. The lowest BCUT2D eigenvalue weighted by atomic mass is 10.0. The van der Waals surface area contributed by atoms with Crippen molar-refractivity contribution in [3.05, 3.63) is 11.7 Å². The van der Waals surface area contributed by atoms with Crippen LogP contribution in [0.25, 0.3) is 0 Å². The highest BCUT2D eigenvalue weighted by Gasteiger charge is 2.30. The molecule has 17 heavy (non-hydrogen) atoms. The van der Waals surface area contributed by atoms with Crippen LogP contribution in [0.1, 0.15) is 55.5 Å². The van der Waals surface area contributed by atoms with Gasteiger partial charge in [0.25, 0.3) is 0 Å². The molecule has 2 fully saturated rings. The largest absolute Gasteiger partial charge is 0.339 e. The number of aromatic nitrogens is 2. The number of hydrogen-bond donors (Lipinski definition) is 1. The van der Waals surface area contributed by atoms with Crippen molar-refractivity contribution >= 4 is 11.8 Å². The molecule has 0 aliphatic carbocycles. The molecule has 4 nitrogen and oxygen atoms in total. The molecule has 3 unspecified atom stereocenters. The predicted molar refractivity (Wildman–Crippen MR) is 68.2 cm³/mol. The zero-order chi connectivity index (χ0) is 11.7. The third-order valence-corrected chi connectivity index (χ3v) is 5.14. The molecule has 3 heterocycles. The van der Waals surface area contributed by atoms with E-state index in [1.54, 1.807) is 0 Å². The molecule has 0 spiro atoms. The van der Waals surface area contributed by atoms with Gasteiger partial charge in [0, 0.05) is 6.04 Å². The summed E-state index contributed by atoms with van der Waals surface area (Å²) in [6.45, 7) is 3.25. The SMILES string of the molecule is CC1NCCC1c1nc(C2CCCCS2)no1. The van der Waals surface area contributed by atoms with E-state index in [0.717, 1.165) is 24.7 Å². The van der Waals surface area contributed by atoms with Gasteiger partial charge in [0.05, 0.1) is 11.2 Å². The molecule has 2 aliphatic heterocycles. The van der Waals surface area contributed by atoms with Crippen LogP contribution in [0.15, 0.2) is 4.52 Å². The van der Waals surface area contributed by atoms with E-state index in [4.69, 9.17) is 4.52 Å². The molecule has 1 aromatic heterocycles. The lowest BCUT2D eigenvalue weighted by Gasteiger charge is -2.17. The standard InChI is InChI=1S/C12H19N3OS/c1-8-9(5-6-13-8)12-14-11(15-16-12)10-4-2-3-7-17-10/h8-10,13H,2-7H2,1H3. The van der Waals surface area contributed by atoms with E-state index >= 15 is 0 Å². The van der Waals surface area contributed by atoms with E-state index in [-0.39, 0.29) is 0 Å². The van der Waals surface area contributed by atoms with Crippen molar-refractivity contribution in [2.45, 2.75) is 49.8 Å². The fraction of sp³-hybridized carbons (Fsp3) is 0.833. The molecule has 3 rings (SSSR count). The van der Waals surface area contributed by atoms with Crippen molar-refractivity contribution in [1.29, 1.82) is 0 Å². The van der Waals surface area contributed by atoms with Crippen molar-refractivity contribution < 1.29 is 4.52 Å². The second-order valence-corrected chi connectivity index (χ2v) is 6.29. The Balaban J connectivity index is 1.73. The molecule has 1 aromatic rings. The summed E-state index contributed by atoms with van der Waals surface area (Å²) in [6, 6.07) is 0.460. The van der Waals surface area contributed by atoms with Crippen molar-refractivity contribution in [3.8, 4) is 0 Å². The molecule has 5 heteroatoms. The Labute approximate surface area is 106 Å². The average molecular weight is 253 g/mol. The van der Waals surface area contributed by atoms with Crippen molar-refractivity contribution in [2.24, 2.45) is 0 Å². The van der Waals surface area contributed by atoms with Gasteiger partial charge in [-0.1, -0.05) is 11.6 Å². The maximum absolute atomic E-state index is 5.46. The van der Waals surface area contributed by atoms with Gasteiger partial charge in [-0.25, -0.2) is 0 Å². The Morgan fingerprint density at radius 2 is 2.29 bits per heavy atom. The smallest absolute Gasteiger partial charge is 0.231 e. The van der Waals surface area contributed by atoms with Crippen LogP contribution in [-0.4, -0.2) is 28.5 Å². The first-order chi connectivity index (χ1) is 8.34. The van der Waals surface area contributed by atoms with Gasteiger partial charge in [0.15, 0.2) is 5.82 Å². The van der Waals surface area contributed by atoms with E-state index in [2.05, 4.69) is 22.4 Å². The summed E-state index contributed by atoms with van der Waals surface area (Å²) in [5.41, 5.74) is 0.